The van der Waals surface area contributed by atoms with Crippen LogP contribution in [0.25, 0.3) is 0 Å². The van der Waals surface area contributed by atoms with Crippen LogP contribution in [0.3, 0.4) is 0 Å². The molecular formula is C23H29N5O2. The number of aromatic nitrogens is 3. The third kappa shape index (κ3) is 3.93. The zero-order chi connectivity index (χ0) is 21.0. The van der Waals surface area contributed by atoms with Crippen LogP contribution in [0, 0.1) is 0 Å². The van der Waals surface area contributed by atoms with E-state index in [4.69, 9.17) is 0 Å². The van der Waals surface area contributed by atoms with Crippen molar-refractivity contribution < 1.29 is 9.59 Å². The molecule has 7 nitrogen and oxygen atoms in total. The van der Waals surface area contributed by atoms with Crippen LogP contribution in [0.15, 0.2) is 43.2 Å². The van der Waals surface area contributed by atoms with Gasteiger partial charge in [0.05, 0.1) is 11.6 Å². The zero-order valence-corrected chi connectivity index (χ0v) is 17.5. The van der Waals surface area contributed by atoms with E-state index >= 15 is 0 Å². The molecule has 2 aromatic rings. The molecule has 2 saturated heterocycles. The second-order valence-electron chi connectivity index (χ2n) is 8.30. The lowest BCUT2D eigenvalue weighted by Gasteiger charge is -2.52. The quantitative estimate of drug-likeness (QED) is 0.736. The van der Waals surface area contributed by atoms with Crippen LogP contribution in [0.5, 0.6) is 0 Å². The summed E-state index contributed by atoms with van der Waals surface area (Å²) >= 11 is 0. The van der Waals surface area contributed by atoms with Crippen LogP contribution < -0.4 is 0 Å². The van der Waals surface area contributed by atoms with Gasteiger partial charge >= 0.3 is 0 Å². The molecule has 7 heteroatoms. The van der Waals surface area contributed by atoms with Crippen LogP contribution in [0.4, 0.5) is 0 Å². The molecule has 2 aromatic heterocycles. The fourth-order valence-corrected chi connectivity index (χ4v) is 5.29. The van der Waals surface area contributed by atoms with Gasteiger partial charge in [-0.1, -0.05) is 6.92 Å². The lowest BCUT2D eigenvalue weighted by molar-refractivity contribution is -0.147. The SMILES string of the molecule is CC[C@@H]1N(C(=O)CCc2cncnc2)CCC[C@]12CCC(=O)N2Cc1ccncc1. The van der Waals surface area contributed by atoms with E-state index in [-0.39, 0.29) is 23.4 Å². The first-order valence-electron chi connectivity index (χ1n) is 10.9. The highest BCUT2D eigenvalue weighted by Gasteiger charge is 2.53. The number of likely N-dealkylation sites (tertiary alicyclic amines) is 2. The second kappa shape index (κ2) is 8.90. The Labute approximate surface area is 177 Å². The summed E-state index contributed by atoms with van der Waals surface area (Å²) in [5, 5.41) is 0. The van der Waals surface area contributed by atoms with Crippen molar-refractivity contribution in [2.75, 3.05) is 6.54 Å². The predicted octanol–water partition coefficient (Wildman–Crippen LogP) is 2.77. The third-order valence-corrected chi connectivity index (χ3v) is 6.65. The summed E-state index contributed by atoms with van der Waals surface area (Å²) in [7, 11) is 0. The molecule has 2 aliphatic rings. The molecule has 1 spiro atoms. The number of nitrogens with zero attached hydrogens (tertiary/aromatic N) is 5. The minimum atomic E-state index is -0.265. The lowest BCUT2D eigenvalue weighted by Crippen LogP contribution is -2.64. The average molecular weight is 408 g/mol. The maximum atomic E-state index is 13.2. The maximum absolute atomic E-state index is 13.2. The highest BCUT2D eigenvalue weighted by molar-refractivity contribution is 5.81. The van der Waals surface area contributed by atoms with E-state index < -0.39 is 0 Å². The van der Waals surface area contributed by atoms with Crippen LogP contribution in [-0.2, 0) is 22.6 Å². The molecule has 4 rings (SSSR count). The Morgan fingerprint density at radius 1 is 1.13 bits per heavy atom. The maximum Gasteiger partial charge on any atom is 0.223 e. The van der Waals surface area contributed by atoms with E-state index in [9.17, 15) is 9.59 Å². The zero-order valence-electron chi connectivity index (χ0n) is 17.5. The standard InChI is InChI=1S/C23H29N5O2/c1-2-20-23(10-6-22(30)28(23)16-18-7-11-24-12-8-18)9-3-13-27(20)21(29)5-4-19-14-25-17-26-15-19/h7-8,11-12,14-15,17,20H,2-6,9-10,13,16H2,1H3/t20-,23-/m0/s1. The van der Waals surface area contributed by atoms with Crippen molar-refractivity contribution in [3.05, 3.63) is 54.4 Å². The van der Waals surface area contributed by atoms with Gasteiger partial charge in [0.1, 0.15) is 6.33 Å². The summed E-state index contributed by atoms with van der Waals surface area (Å²) in [5.41, 5.74) is 1.79. The van der Waals surface area contributed by atoms with Crippen molar-refractivity contribution >= 4 is 11.8 Å². The number of aryl methyl sites for hydroxylation is 1. The van der Waals surface area contributed by atoms with Crippen molar-refractivity contribution in [1.29, 1.82) is 0 Å². The second-order valence-corrected chi connectivity index (χ2v) is 8.30. The van der Waals surface area contributed by atoms with E-state index in [1.165, 1.54) is 6.33 Å². The first kappa shape index (κ1) is 20.4. The molecule has 0 unspecified atom stereocenters. The average Bonchev–Trinajstić information content (AvgIpc) is 3.09. The monoisotopic (exact) mass is 407 g/mol. The summed E-state index contributed by atoms with van der Waals surface area (Å²) in [4.78, 5) is 42.4. The van der Waals surface area contributed by atoms with Gasteiger partial charge < -0.3 is 9.80 Å². The van der Waals surface area contributed by atoms with Crippen LogP contribution in [0.2, 0.25) is 0 Å². The third-order valence-electron chi connectivity index (χ3n) is 6.65. The smallest absolute Gasteiger partial charge is 0.223 e. The van der Waals surface area contributed by atoms with Gasteiger partial charge in [-0.2, -0.15) is 0 Å². The first-order chi connectivity index (χ1) is 14.6. The van der Waals surface area contributed by atoms with Crippen LogP contribution in [-0.4, -0.2) is 54.7 Å². The fourth-order valence-electron chi connectivity index (χ4n) is 5.29. The minimum Gasteiger partial charge on any atom is -0.337 e. The van der Waals surface area contributed by atoms with Crippen molar-refractivity contribution in [2.24, 2.45) is 0 Å². The van der Waals surface area contributed by atoms with Gasteiger partial charge in [-0.25, -0.2) is 9.97 Å². The van der Waals surface area contributed by atoms with Crippen molar-refractivity contribution in [3.63, 3.8) is 0 Å². The molecule has 4 heterocycles. The fraction of sp³-hybridized carbons (Fsp3) is 0.522. The summed E-state index contributed by atoms with van der Waals surface area (Å²) in [5.74, 6) is 0.356. The molecule has 0 saturated carbocycles. The van der Waals surface area contributed by atoms with Crippen LogP contribution in [0.1, 0.15) is 56.6 Å². The van der Waals surface area contributed by atoms with Gasteiger partial charge in [0.25, 0.3) is 0 Å². The molecule has 2 fully saturated rings. The minimum absolute atomic E-state index is 0.0547. The number of carbonyl (C=O) groups excluding carboxylic acids is 2. The molecule has 2 atom stereocenters. The number of carbonyl (C=O) groups is 2. The van der Waals surface area contributed by atoms with Crippen LogP contribution >= 0.6 is 0 Å². The molecule has 0 aromatic carbocycles. The Hall–Kier alpha value is -2.83. The molecular weight excluding hydrogens is 378 g/mol. The van der Waals surface area contributed by atoms with E-state index in [1.54, 1.807) is 24.8 Å². The van der Waals surface area contributed by atoms with E-state index in [0.717, 1.165) is 43.4 Å². The van der Waals surface area contributed by atoms with E-state index in [2.05, 4.69) is 26.8 Å². The topological polar surface area (TPSA) is 79.3 Å². The normalized spacial score (nSPS) is 23.9. The van der Waals surface area contributed by atoms with E-state index in [0.29, 0.717) is 25.8 Å². The Balaban J connectivity index is 1.53. The number of amides is 2. The molecule has 158 valence electrons. The largest absolute Gasteiger partial charge is 0.337 e. The van der Waals surface area contributed by atoms with E-state index in [1.807, 2.05) is 17.0 Å². The van der Waals surface area contributed by atoms with Gasteiger partial charge in [-0.3, -0.25) is 14.6 Å². The molecule has 0 bridgehead atoms. The van der Waals surface area contributed by atoms with Gasteiger partial charge in [-0.05, 0) is 55.4 Å². The molecule has 2 amide bonds. The Bertz CT molecular complexity index is 876. The Morgan fingerprint density at radius 2 is 1.90 bits per heavy atom. The Morgan fingerprint density at radius 3 is 2.63 bits per heavy atom. The molecule has 2 aliphatic heterocycles. The summed E-state index contributed by atoms with van der Waals surface area (Å²) < 4.78 is 0. The summed E-state index contributed by atoms with van der Waals surface area (Å²) in [6.45, 7) is 3.49. The number of rotatable bonds is 6. The van der Waals surface area contributed by atoms with Crippen molar-refractivity contribution in [3.8, 4) is 0 Å². The summed E-state index contributed by atoms with van der Waals surface area (Å²) in [6, 6.07) is 3.99. The number of pyridine rings is 1. The Kier molecular flexibility index (Phi) is 6.06. The predicted molar refractivity (Wildman–Crippen MR) is 112 cm³/mol. The molecule has 30 heavy (non-hydrogen) atoms. The highest BCUT2D eigenvalue weighted by atomic mass is 16.2. The highest BCUT2D eigenvalue weighted by Crippen LogP contribution is 2.44. The van der Waals surface area contributed by atoms with Gasteiger partial charge in [0.15, 0.2) is 0 Å². The molecule has 0 radical (unpaired) electrons. The van der Waals surface area contributed by atoms with Gasteiger partial charge in [-0.15, -0.1) is 0 Å². The summed E-state index contributed by atoms with van der Waals surface area (Å²) in [6.07, 6.45) is 13.8. The first-order valence-corrected chi connectivity index (χ1v) is 10.9. The number of hydrogen-bond donors (Lipinski definition) is 0. The molecule has 0 N–H and O–H groups in total. The van der Waals surface area contributed by atoms with Crippen molar-refractivity contribution in [2.45, 2.75) is 70.0 Å². The number of piperidine rings is 1. The van der Waals surface area contributed by atoms with Gasteiger partial charge in [0, 0.05) is 50.7 Å². The lowest BCUT2D eigenvalue weighted by atomic mass is 9.77. The van der Waals surface area contributed by atoms with Gasteiger partial charge in [0.2, 0.25) is 11.8 Å². The number of hydrogen-bond acceptors (Lipinski definition) is 5. The molecule has 0 aliphatic carbocycles. The van der Waals surface area contributed by atoms with Crippen molar-refractivity contribution in [1.82, 2.24) is 24.8 Å².